The average Bonchev–Trinajstić information content (AvgIpc) is 3.20. The summed E-state index contributed by atoms with van der Waals surface area (Å²) in [5.74, 6) is 2.93. The molecule has 0 radical (unpaired) electrons. The Morgan fingerprint density at radius 3 is 2.64 bits per heavy atom. The van der Waals surface area contributed by atoms with Crippen molar-refractivity contribution in [1.82, 2.24) is 30.7 Å². The van der Waals surface area contributed by atoms with Crippen LogP contribution in [0, 0.1) is 0 Å². The highest BCUT2D eigenvalue weighted by atomic mass is 16.5. The standard InChI is InChI=1S/C19H31N7O2/c1-20-19(21-10-12-26(2)11-5-13-27-3)22-14-17-23-18(25-24-17)15-6-8-16(28-4)9-7-15/h6-9H,5,10-14H2,1-4H3,(H2,20,21,22)(H,23,24,25). The predicted octanol–water partition coefficient (Wildman–Crippen LogP) is 1.11. The number of hydrogen-bond acceptors (Lipinski definition) is 6. The van der Waals surface area contributed by atoms with Crippen LogP contribution in [0.2, 0.25) is 0 Å². The van der Waals surface area contributed by atoms with Crippen molar-refractivity contribution >= 4 is 5.96 Å². The topological polar surface area (TPSA) is 99.7 Å². The molecule has 1 heterocycles. The summed E-state index contributed by atoms with van der Waals surface area (Å²) in [5.41, 5.74) is 0.933. The van der Waals surface area contributed by atoms with Gasteiger partial charge in [-0.2, -0.15) is 5.10 Å². The van der Waals surface area contributed by atoms with Crippen molar-refractivity contribution in [3.8, 4) is 17.1 Å². The van der Waals surface area contributed by atoms with Crippen molar-refractivity contribution in [2.24, 2.45) is 4.99 Å². The van der Waals surface area contributed by atoms with Crippen LogP contribution in [0.1, 0.15) is 12.2 Å². The Kier molecular flexibility index (Phi) is 9.23. The molecule has 9 nitrogen and oxygen atoms in total. The number of benzene rings is 1. The molecule has 0 bridgehead atoms. The highest BCUT2D eigenvalue weighted by Crippen LogP contribution is 2.18. The Balaban J connectivity index is 1.75. The van der Waals surface area contributed by atoms with Crippen molar-refractivity contribution in [1.29, 1.82) is 0 Å². The minimum atomic E-state index is 0.506. The lowest BCUT2D eigenvalue weighted by Crippen LogP contribution is -2.41. The third kappa shape index (κ3) is 7.16. The Hall–Kier alpha value is -2.65. The first-order chi connectivity index (χ1) is 13.7. The van der Waals surface area contributed by atoms with Crippen LogP contribution < -0.4 is 15.4 Å². The van der Waals surface area contributed by atoms with Crippen molar-refractivity contribution in [3.05, 3.63) is 30.1 Å². The van der Waals surface area contributed by atoms with Gasteiger partial charge in [-0.15, -0.1) is 0 Å². The number of H-pyrrole nitrogens is 1. The number of aromatic amines is 1. The van der Waals surface area contributed by atoms with Gasteiger partial charge in [-0.3, -0.25) is 10.1 Å². The highest BCUT2D eigenvalue weighted by Gasteiger charge is 2.07. The van der Waals surface area contributed by atoms with Gasteiger partial charge in [-0.1, -0.05) is 0 Å². The van der Waals surface area contributed by atoms with Gasteiger partial charge in [0.2, 0.25) is 0 Å². The summed E-state index contributed by atoms with van der Waals surface area (Å²) in [6, 6.07) is 7.65. The predicted molar refractivity (Wildman–Crippen MR) is 111 cm³/mol. The second kappa shape index (κ2) is 11.9. The molecule has 154 valence electrons. The van der Waals surface area contributed by atoms with Gasteiger partial charge in [0.15, 0.2) is 11.8 Å². The zero-order chi connectivity index (χ0) is 20.2. The third-order valence-corrected chi connectivity index (χ3v) is 4.20. The maximum Gasteiger partial charge on any atom is 0.191 e. The van der Waals surface area contributed by atoms with E-state index in [-0.39, 0.29) is 0 Å². The second-order valence-electron chi connectivity index (χ2n) is 6.34. The van der Waals surface area contributed by atoms with E-state index in [1.807, 2.05) is 24.3 Å². The summed E-state index contributed by atoms with van der Waals surface area (Å²) in [7, 11) is 7.22. The Morgan fingerprint density at radius 2 is 1.96 bits per heavy atom. The lowest BCUT2D eigenvalue weighted by molar-refractivity contribution is 0.180. The minimum Gasteiger partial charge on any atom is -0.497 e. The molecule has 1 aromatic carbocycles. The van der Waals surface area contributed by atoms with Crippen LogP contribution in [-0.4, -0.2) is 80.6 Å². The summed E-state index contributed by atoms with van der Waals surface area (Å²) < 4.78 is 10.2. The number of nitrogens with one attached hydrogen (secondary N) is 3. The van der Waals surface area contributed by atoms with E-state index >= 15 is 0 Å². The molecule has 0 aliphatic heterocycles. The molecule has 0 aliphatic rings. The van der Waals surface area contributed by atoms with E-state index < -0.39 is 0 Å². The summed E-state index contributed by atoms with van der Waals surface area (Å²) in [6.45, 7) is 4.03. The highest BCUT2D eigenvalue weighted by molar-refractivity contribution is 5.79. The number of likely N-dealkylation sites (N-methyl/N-ethyl adjacent to an activating group) is 1. The van der Waals surface area contributed by atoms with E-state index in [2.05, 4.69) is 42.8 Å². The summed E-state index contributed by atoms with van der Waals surface area (Å²) >= 11 is 0. The molecule has 2 aromatic rings. The van der Waals surface area contributed by atoms with Crippen LogP contribution in [0.3, 0.4) is 0 Å². The van der Waals surface area contributed by atoms with E-state index in [0.29, 0.717) is 12.4 Å². The van der Waals surface area contributed by atoms with Gasteiger partial charge >= 0.3 is 0 Å². The number of aliphatic imine (C=N–C) groups is 1. The zero-order valence-corrected chi connectivity index (χ0v) is 17.2. The number of ether oxygens (including phenoxy) is 2. The molecular formula is C19H31N7O2. The van der Waals surface area contributed by atoms with Crippen LogP contribution in [0.25, 0.3) is 11.4 Å². The molecule has 0 aliphatic carbocycles. The van der Waals surface area contributed by atoms with E-state index in [9.17, 15) is 0 Å². The zero-order valence-electron chi connectivity index (χ0n) is 17.2. The lowest BCUT2D eigenvalue weighted by atomic mass is 10.2. The quantitative estimate of drug-likeness (QED) is 0.301. The molecule has 0 spiro atoms. The maximum absolute atomic E-state index is 5.17. The normalized spacial score (nSPS) is 11.7. The van der Waals surface area contributed by atoms with Gasteiger partial charge in [0.1, 0.15) is 11.6 Å². The second-order valence-corrected chi connectivity index (χ2v) is 6.34. The fourth-order valence-electron chi connectivity index (χ4n) is 2.59. The van der Waals surface area contributed by atoms with Gasteiger partial charge in [-0.05, 0) is 37.7 Å². The molecule has 1 aromatic heterocycles. The van der Waals surface area contributed by atoms with E-state index in [0.717, 1.165) is 55.8 Å². The van der Waals surface area contributed by atoms with Crippen molar-refractivity contribution < 1.29 is 9.47 Å². The van der Waals surface area contributed by atoms with Gasteiger partial charge in [0.25, 0.3) is 0 Å². The van der Waals surface area contributed by atoms with Crippen molar-refractivity contribution in [2.75, 3.05) is 54.6 Å². The average molecular weight is 390 g/mol. The molecule has 0 unspecified atom stereocenters. The molecule has 0 fully saturated rings. The Bertz CT molecular complexity index is 715. The van der Waals surface area contributed by atoms with Crippen LogP contribution in [0.4, 0.5) is 0 Å². The van der Waals surface area contributed by atoms with Crippen LogP contribution in [0.15, 0.2) is 29.3 Å². The number of rotatable bonds is 11. The van der Waals surface area contributed by atoms with Crippen molar-refractivity contribution in [2.45, 2.75) is 13.0 Å². The number of hydrogen-bond donors (Lipinski definition) is 3. The van der Waals surface area contributed by atoms with Crippen LogP contribution >= 0.6 is 0 Å². The molecule has 0 saturated carbocycles. The SMILES string of the molecule is CN=C(NCCN(C)CCCOC)NCc1nc(-c2ccc(OC)cc2)n[nH]1. The van der Waals surface area contributed by atoms with E-state index in [4.69, 9.17) is 9.47 Å². The smallest absolute Gasteiger partial charge is 0.191 e. The molecule has 0 atom stereocenters. The fourth-order valence-corrected chi connectivity index (χ4v) is 2.59. The first-order valence-electron chi connectivity index (χ1n) is 9.34. The van der Waals surface area contributed by atoms with Crippen LogP contribution in [-0.2, 0) is 11.3 Å². The molecule has 0 amide bonds. The number of nitrogens with zero attached hydrogens (tertiary/aromatic N) is 4. The first-order valence-corrected chi connectivity index (χ1v) is 9.34. The van der Waals surface area contributed by atoms with E-state index in [1.54, 1.807) is 21.3 Å². The molecular weight excluding hydrogens is 358 g/mol. The van der Waals surface area contributed by atoms with Gasteiger partial charge in [0, 0.05) is 46.0 Å². The largest absolute Gasteiger partial charge is 0.497 e. The minimum absolute atomic E-state index is 0.506. The number of methoxy groups -OCH3 is 2. The van der Waals surface area contributed by atoms with Gasteiger partial charge < -0.3 is 25.0 Å². The molecule has 0 saturated heterocycles. The summed E-state index contributed by atoms with van der Waals surface area (Å²) in [5, 5.41) is 13.8. The molecule has 3 N–H and O–H groups in total. The Labute approximate surface area is 166 Å². The Morgan fingerprint density at radius 1 is 1.18 bits per heavy atom. The first kappa shape index (κ1) is 21.6. The number of aromatic nitrogens is 3. The summed E-state index contributed by atoms with van der Waals surface area (Å²) in [6.07, 6.45) is 1.03. The summed E-state index contributed by atoms with van der Waals surface area (Å²) in [4.78, 5) is 11.0. The number of guanidine groups is 1. The van der Waals surface area contributed by atoms with Crippen LogP contribution in [0.5, 0.6) is 5.75 Å². The maximum atomic E-state index is 5.17. The van der Waals surface area contributed by atoms with Gasteiger partial charge in [0.05, 0.1) is 13.7 Å². The molecule has 9 heteroatoms. The van der Waals surface area contributed by atoms with E-state index in [1.165, 1.54) is 0 Å². The fraction of sp³-hybridized carbons (Fsp3) is 0.526. The molecule has 28 heavy (non-hydrogen) atoms. The third-order valence-electron chi connectivity index (χ3n) is 4.20. The van der Waals surface area contributed by atoms with Gasteiger partial charge in [-0.25, -0.2) is 4.98 Å². The molecule has 2 rings (SSSR count). The lowest BCUT2D eigenvalue weighted by Gasteiger charge is -2.17. The van der Waals surface area contributed by atoms with Crippen molar-refractivity contribution in [3.63, 3.8) is 0 Å². The monoisotopic (exact) mass is 389 g/mol.